The van der Waals surface area contributed by atoms with Crippen molar-refractivity contribution in [2.45, 2.75) is 26.3 Å². The molecule has 2 aromatic rings. The molecule has 0 radical (unpaired) electrons. The van der Waals surface area contributed by atoms with Crippen LogP contribution in [0.15, 0.2) is 54.6 Å². The van der Waals surface area contributed by atoms with Gasteiger partial charge in [-0.05, 0) is 37.5 Å². The van der Waals surface area contributed by atoms with Crippen molar-refractivity contribution >= 4 is 5.96 Å². The lowest BCUT2D eigenvalue weighted by Crippen LogP contribution is -2.39. The van der Waals surface area contributed by atoms with Crippen molar-refractivity contribution < 1.29 is 4.39 Å². The maximum absolute atomic E-state index is 14.3. The number of aromatic nitrogens is 2. The van der Waals surface area contributed by atoms with Gasteiger partial charge in [0.05, 0.1) is 18.6 Å². The maximum atomic E-state index is 14.3. The van der Waals surface area contributed by atoms with E-state index in [9.17, 15) is 4.39 Å². The number of halogens is 1. The Bertz CT molecular complexity index is 694. The smallest absolute Gasteiger partial charge is 0.193 e. The summed E-state index contributed by atoms with van der Waals surface area (Å²) in [6.45, 7) is 7.89. The summed E-state index contributed by atoms with van der Waals surface area (Å²) in [6.07, 6.45) is 8.85. The van der Waals surface area contributed by atoms with Gasteiger partial charge in [0, 0.05) is 32.5 Å². The number of unbranched alkanes of at least 4 members (excludes halogenated alkanes) is 1. The normalized spacial score (nSPS) is 11.4. The number of nitrogens with one attached hydrogen (secondary N) is 1. The fourth-order valence-corrected chi connectivity index (χ4v) is 2.47. The van der Waals surface area contributed by atoms with Gasteiger partial charge in [0.2, 0.25) is 0 Å². The lowest BCUT2D eigenvalue weighted by Gasteiger charge is -2.21. The van der Waals surface area contributed by atoms with Crippen LogP contribution in [0.25, 0.3) is 5.69 Å². The lowest BCUT2D eigenvalue weighted by molar-refractivity contribution is 0.470. The molecule has 0 bridgehead atoms. The van der Waals surface area contributed by atoms with E-state index in [2.05, 4.69) is 26.8 Å². The van der Waals surface area contributed by atoms with Gasteiger partial charge in [0.1, 0.15) is 5.82 Å². The minimum absolute atomic E-state index is 0.282. The van der Waals surface area contributed by atoms with Crippen LogP contribution in [0.3, 0.4) is 0 Å². The zero-order valence-electron chi connectivity index (χ0n) is 15.0. The SMILES string of the molecule is C=CCCCN(C)C(=NCc1ccc(-n2ccnc2)c(F)c1)NCC. The Morgan fingerprint density at radius 2 is 2.32 bits per heavy atom. The van der Waals surface area contributed by atoms with Gasteiger partial charge < -0.3 is 14.8 Å². The summed E-state index contributed by atoms with van der Waals surface area (Å²) in [4.78, 5) is 10.6. The first-order valence-electron chi connectivity index (χ1n) is 8.52. The molecule has 25 heavy (non-hydrogen) atoms. The second-order valence-corrected chi connectivity index (χ2v) is 5.78. The average molecular weight is 343 g/mol. The number of rotatable bonds is 8. The molecule has 1 N–H and O–H groups in total. The standard InChI is InChI=1S/C19H26FN5/c1-4-6-7-11-24(3)19(22-5-2)23-14-16-8-9-18(17(20)13-16)25-12-10-21-15-25/h4,8-10,12-13,15H,1,5-7,11,14H2,2-3H3,(H,22,23). The van der Waals surface area contributed by atoms with Gasteiger partial charge in [0.15, 0.2) is 5.96 Å². The number of aliphatic imine (C=N–C) groups is 1. The highest BCUT2D eigenvalue weighted by atomic mass is 19.1. The predicted molar refractivity (Wildman–Crippen MR) is 100 cm³/mol. The van der Waals surface area contributed by atoms with Gasteiger partial charge in [-0.1, -0.05) is 12.1 Å². The van der Waals surface area contributed by atoms with Crippen LogP contribution in [-0.4, -0.2) is 40.5 Å². The number of hydrogen-bond acceptors (Lipinski definition) is 2. The van der Waals surface area contributed by atoms with Gasteiger partial charge in [-0.25, -0.2) is 14.4 Å². The minimum atomic E-state index is -0.282. The summed E-state index contributed by atoms with van der Waals surface area (Å²) >= 11 is 0. The van der Waals surface area contributed by atoms with Gasteiger partial charge in [0.25, 0.3) is 0 Å². The molecular formula is C19H26FN5. The van der Waals surface area contributed by atoms with Crippen molar-refractivity contribution in [3.05, 3.63) is 61.0 Å². The molecule has 0 amide bonds. The molecule has 1 aromatic heterocycles. The number of guanidine groups is 1. The van der Waals surface area contributed by atoms with Crippen molar-refractivity contribution in [3.63, 3.8) is 0 Å². The molecule has 5 nitrogen and oxygen atoms in total. The van der Waals surface area contributed by atoms with Crippen LogP contribution >= 0.6 is 0 Å². The van der Waals surface area contributed by atoms with E-state index in [1.54, 1.807) is 29.4 Å². The molecule has 0 aliphatic carbocycles. The van der Waals surface area contributed by atoms with Gasteiger partial charge in [-0.15, -0.1) is 6.58 Å². The van der Waals surface area contributed by atoms with E-state index in [1.165, 1.54) is 6.07 Å². The third-order valence-corrected chi connectivity index (χ3v) is 3.80. The molecule has 0 saturated carbocycles. The van der Waals surface area contributed by atoms with E-state index in [0.29, 0.717) is 12.2 Å². The zero-order chi connectivity index (χ0) is 18.1. The summed E-state index contributed by atoms with van der Waals surface area (Å²) in [5.74, 6) is 0.542. The fraction of sp³-hybridized carbons (Fsp3) is 0.368. The predicted octanol–water partition coefficient (Wildman–Crippen LogP) is 3.37. The first-order chi connectivity index (χ1) is 12.2. The Hall–Kier alpha value is -2.63. The van der Waals surface area contributed by atoms with E-state index < -0.39 is 0 Å². The molecule has 0 aliphatic heterocycles. The second kappa shape index (κ2) is 9.61. The molecule has 134 valence electrons. The highest BCUT2D eigenvalue weighted by Crippen LogP contribution is 2.15. The van der Waals surface area contributed by atoms with Crippen molar-refractivity contribution in [1.82, 2.24) is 19.8 Å². The topological polar surface area (TPSA) is 45.5 Å². The monoisotopic (exact) mass is 343 g/mol. The summed E-state index contributed by atoms with van der Waals surface area (Å²) in [5.41, 5.74) is 1.31. The van der Waals surface area contributed by atoms with Crippen LogP contribution in [0.1, 0.15) is 25.3 Å². The van der Waals surface area contributed by atoms with E-state index in [0.717, 1.165) is 37.5 Å². The van der Waals surface area contributed by atoms with Crippen molar-refractivity contribution in [2.24, 2.45) is 4.99 Å². The molecule has 0 saturated heterocycles. The van der Waals surface area contributed by atoms with E-state index >= 15 is 0 Å². The zero-order valence-corrected chi connectivity index (χ0v) is 15.0. The van der Waals surface area contributed by atoms with E-state index in [1.807, 2.05) is 26.1 Å². The molecule has 0 fully saturated rings. The Morgan fingerprint density at radius 1 is 1.48 bits per heavy atom. The molecule has 1 aromatic carbocycles. The van der Waals surface area contributed by atoms with E-state index in [4.69, 9.17) is 0 Å². The van der Waals surface area contributed by atoms with E-state index in [-0.39, 0.29) is 5.82 Å². The van der Waals surface area contributed by atoms with Crippen LogP contribution in [0.4, 0.5) is 4.39 Å². The number of allylic oxidation sites excluding steroid dienone is 1. The van der Waals surface area contributed by atoms with Crippen molar-refractivity contribution in [3.8, 4) is 5.69 Å². The van der Waals surface area contributed by atoms with Crippen LogP contribution in [-0.2, 0) is 6.54 Å². The Kier molecular flexibility index (Phi) is 7.19. The van der Waals surface area contributed by atoms with Crippen LogP contribution in [0.5, 0.6) is 0 Å². The van der Waals surface area contributed by atoms with Gasteiger partial charge >= 0.3 is 0 Å². The second-order valence-electron chi connectivity index (χ2n) is 5.78. The van der Waals surface area contributed by atoms with Crippen LogP contribution < -0.4 is 5.32 Å². The highest BCUT2D eigenvalue weighted by Gasteiger charge is 2.07. The number of nitrogens with zero attached hydrogens (tertiary/aromatic N) is 4. The molecule has 0 unspecified atom stereocenters. The Balaban J connectivity index is 2.06. The summed E-state index contributed by atoms with van der Waals surface area (Å²) in [6, 6.07) is 5.17. The maximum Gasteiger partial charge on any atom is 0.193 e. The lowest BCUT2D eigenvalue weighted by atomic mass is 10.2. The molecule has 0 aliphatic rings. The summed E-state index contributed by atoms with van der Waals surface area (Å²) in [5, 5.41) is 3.27. The average Bonchev–Trinajstić information content (AvgIpc) is 3.13. The van der Waals surface area contributed by atoms with Crippen molar-refractivity contribution in [1.29, 1.82) is 0 Å². The first kappa shape index (κ1) is 18.7. The van der Waals surface area contributed by atoms with Crippen molar-refractivity contribution in [2.75, 3.05) is 20.1 Å². The highest BCUT2D eigenvalue weighted by molar-refractivity contribution is 5.79. The Labute approximate surface area is 148 Å². The third kappa shape index (κ3) is 5.45. The van der Waals surface area contributed by atoms with Crippen LogP contribution in [0.2, 0.25) is 0 Å². The third-order valence-electron chi connectivity index (χ3n) is 3.80. The summed E-state index contributed by atoms with van der Waals surface area (Å²) < 4.78 is 16.0. The number of hydrogen-bond donors (Lipinski definition) is 1. The first-order valence-corrected chi connectivity index (χ1v) is 8.52. The molecular weight excluding hydrogens is 317 g/mol. The molecule has 1 heterocycles. The van der Waals surface area contributed by atoms with Crippen LogP contribution in [0, 0.1) is 5.82 Å². The summed E-state index contributed by atoms with van der Waals surface area (Å²) in [7, 11) is 2.01. The number of benzene rings is 1. The largest absolute Gasteiger partial charge is 0.357 e. The number of imidazole rings is 1. The minimum Gasteiger partial charge on any atom is -0.357 e. The molecule has 0 spiro atoms. The molecule has 2 rings (SSSR count). The molecule has 0 atom stereocenters. The Morgan fingerprint density at radius 3 is 2.96 bits per heavy atom. The van der Waals surface area contributed by atoms with Gasteiger partial charge in [-0.2, -0.15) is 0 Å². The molecule has 6 heteroatoms. The quantitative estimate of drug-likeness (QED) is 0.346. The van der Waals surface area contributed by atoms with Gasteiger partial charge in [-0.3, -0.25) is 0 Å². The fourth-order valence-electron chi connectivity index (χ4n) is 2.47.